The SMILES string of the molecule is CC(=O)Oc1c(-c2c(C)cc(C)cc2C)[nH]c2ccccc12. The zero-order chi connectivity index (χ0) is 15.9. The minimum atomic E-state index is -0.312. The molecule has 112 valence electrons. The number of carbonyl (C=O) groups excluding carboxylic acids is 1. The Labute approximate surface area is 129 Å². The molecule has 0 radical (unpaired) electrons. The van der Waals surface area contributed by atoms with Crippen molar-refractivity contribution in [3.8, 4) is 17.0 Å². The van der Waals surface area contributed by atoms with Gasteiger partial charge >= 0.3 is 5.97 Å². The molecule has 0 amide bonds. The fourth-order valence-electron chi connectivity index (χ4n) is 3.12. The number of carbonyl (C=O) groups is 1. The molecule has 1 heterocycles. The van der Waals surface area contributed by atoms with Crippen LogP contribution in [-0.2, 0) is 4.79 Å². The molecule has 0 aliphatic heterocycles. The van der Waals surface area contributed by atoms with E-state index in [1.807, 2.05) is 24.3 Å². The fourth-order valence-corrected chi connectivity index (χ4v) is 3.12. The summed E-state index contributed by atoms with van der Waals surface area (Å²) < 4.78 is 5.52. The van der Waals surface area contributed by atoms with Gasteiger partial charge in [-0.05, 0) is 44.0 Å². The van der Waals surface area contributed by atoms with Gasteiger partial charge in [-0.1, -0.05) is 29.8 Å². The molecule has 1 aromatic heterocycles. The van der Waals surface area contributed by atoms with Crippen molar-refractivity contribution in [2.45, 2.75) is 27.7 Å². The van der Waals surface area contributed by atoms with Crippen molar-refractivity contribution in [1.82, 2.24) is 4.98 Å². The monoisotopic (exact) mass is 293 g/mol. The molecule has 0 aliphatic rings. The molecule has 0 spiro atoms. The first-order valence-corrected chi connectivity index (χ1v) is 7.34. The Morgan fingerprint density at radius 2 is 1.68 bits per heavy atom. The largest absolute Gasteiger partial charge is 0.424 e. The predicted molar refractivity (Wildman–Crippen MR) is 89.3 cm³/mol. The van der Waals surface area contributed by atoms with E-state index in [9.17, 15) is 4.79 Å². The number of aromatic nitrogens is 1. The third-order valence-electron chi connectivity index (χ3n) is 3.83. The van der Waals surface area contributed by atoms with Gasteiger partial charge in [0, 0.05) is 23.4 Å². The highest BCUT2D eigenvalue weighted by atomic mass is 16.5. The van der Waals surface area contributed by atoms with E-state index in [0.29, 0.717) is 5.75 Å². The van der Waals surface area contributed by atoms with Crippen molar-refractivity contribution in [2.24, 2.45) is 0 Å². The molecule has 22 heavy (non-hydrogen) atoms. The van der Waals surface area contributed by atoms with E-state index in [0.717, 1.165) is 33.3 Å². The van der Waals surface area contributed by atoms with Crippen LogP contribution in [0.2, 0.25) is 0 Å². The lowest BCUT2D eigenvalue weighted by Crippen LogP contribution is -2.02. The fraction of sp³-hybridized carbons (Fsp3) is 0.211. The number of hydrogen-bond acceptors (Lipinski definition) is 2. The number of aryl methyl sites for hydroxylation is 3. The minimum Gasteiger partial charge on any atom is -0.424 e. The maximum Gasteiger partial charge on any atom is 0.308 e. The molecule has 0 saturated carbocycles. The summed E-state index contributed by atoms with van der Waals surface area (Å²) in [6.07, 6.45) is 0. The molecule has 3 nitrogen and oxygen atoms in total. The number of rotatable bonds is 2. The summed E-state index contributed by atoms with van der Waals surface area (Å²) in [7, 11) is 0. The van der Waals surface area contributed by atoms with E-state index in [4.69, 9.17) is 4.74 Å². The number of para-hydroxylation sites is 1. The Morgan fingerprint density at radius 3 is 2.32 bits per heavy atom. The average molecular weight is 293 g/mol. The van der Waals surface area contributed by atoms with Crippen LogP contribution in [0, 0.1) is 20.8 Å². The molecule has 3 heteroatoms. The van der Waals surface area contributed by atoms with Crippen LogP contribution in [0.4, 0.5) is 0 Å². The lowest BCUT2D eigenvalue weighted by molar-refractivity contribution is -0.131. The Bertz CT molecular complexity index is 851. The summed E-state index contributed by atoms with van der Waals surface area (Å²) in [4.78, 5) is 14.9. The maximum atomic E-state index is 11.5. The van der Waals surface area contributed by atoms with Crippen molar-refractivity contribution in [3.63, 3.8) is 0 Å². The van der Waals surface area contributed by atoms with Crippen molar-refractivity contribution >= 4 is 16.9 Å². The number of aromatic amines is 1. The molecule has 0 saturated heterocycles. The van der Waals surface area contributed by atoms with Gasteiger partial charge in [-0.2, -0.15) is 0 Å². The Morgan fingerprint density at radius 1 is 1.05 bits per heavy atom. The minimum absolute atomic E-state index is 0.312. The van der Waals surface area contributed by atoms with Gasteiger partial charge in [-0.25, -0.2) is 0 Å². The molecule has 2 aromatic carbocycles. The summed E-state index contributed by atoms with van der Waals surface area (Å²) in [5.41, 5.74) is 6.48. The zero-order valence-corrected chi connectivity index (χ0v) is 13.3. The van der Waals surface area contributed by atoms with Gasteiger partial charge in [0.2, 0.25) is 0 Å². The van der Waals surface area contributed by atoms with Gasteiger partial charge in [0.1, 0.15) is 0 Å². The third-order valence-corrected chi connectivity index (χ3v) is 3.83. The number of hydrogen-bond donors (Lipinski definition) is 1. The van der Waals surface area contributed by atoms with Crippen molar-refractivity contribution < 1.29 is 9.53 Å². The summed E-state index contributed by atoms with van der Waals surface area (Å²) in [5, 5.41) is 0.923. The van der Waals surface area contributed by atoms with E-state index < -0.39 is 0 Å². The van der Waals surface area contributed by atoms with E-state index >= 15 is 0 Å². The topological polar surface area (TPSA) is 42.1 Å². The van der Waals surface area contributed by atoms with Crippen LogP contribution < -0.4 is 4.74 Å². The number of esters is 1. The Kier molecular flexibility index (Phi) is 3.49. The molecular weight excluding hydrogens is 274 g/mol. The lowest BCUT2D eigenvalue weighted by atomic mass is 9.97. The van der Waals surface area contributed by atoms with Crippen LogP contribution in [-0.4, -0.2) is 11.0 Å². The predicted octanol–water partition coefficient (Wildman–Crippen LogP) is 4.69. The molecule has 0 fully saturated rings. The number of H-pyrrole nitrogens is 1. The molecule has 3 rings (SSSR count). The number of ether oxygens (including phenoxy) is 1. The molecule has 1 N–H and O–H groups in total. The molecule has 0 aliphatic carbocycles. The van der Waals surface area contributed by atoms with Crippen LogP contribution in [0.25, 0.3) is 22.2 Å². The van der Waals surface area contributed by atoms with Gasteiger partial charge in [0.25, 0.3) is 0 Å². The third kappa shape index (κ3) is 2.39. The lowest BCUT2D eigenvalue weighted by Gasteiger charge is -2.12. The standard InChI is InChI=1S/C19H19NO2/c1-11-9-12(2)17(13(3)10-11)18-19(22-14(4)21)15-7-5-6-8-16(15)20-18/h5-10,20H,1-4H3. The Hall–Kier alpha value is -2.55. The smallest absolute Gasteiger partial charge is 0.308 e. The van der Waals surface area contributed by atoms with Crippen LogP contribution >= 0.6 is 0 Å². The summed E-state index contributed by atoms with van der Waals surface area (Å²) in [6.45, 7) is 7.68. The van der Waals surface area contributed by atoms with Gasteiger partial charge in [0.15, 0.2) is 5.75 Å². The quantitative estimate of drug-likeness (QED) is 0.697. The van der Waals surface area contributed by atoms with Gasteiger partial charge in [0.05, 0.1) is 5.69 Å². The molecule has 3 aromatic rings. The first-order chi connectivity index (χ1) is 10.5. The maximum absolute atomic E-state index is 11.5. The number of fused-ring (bicyclic) bond motifs is 1. The number of benzene rings is 2. The van der Waals surface area contributed by atoms with Gasteiger partial charge in [-0.3, -0.25) is 4.79 Å². The molecular formula is C19H19NO2. The molecule has 0 atom stereocenters. The second-order valence-corrected chi connectivity index (χ2v) is 5.74. The Balaban J connectivity index is 2.33. The van der Waals surface area contributed by atoms with E-state index in [-0.39, 0.29) is 5.97 Å². The van der Waals surface area contributed by atoms with Crippen LogP contribution in [0.3, 0.4) is 0 Å². The van der Waals surface area contributed by atoms with Crippen LogP contribution in [0.15, 0.2) is 36.4 Å². The van der Waals surface area contributed by atoms with Crippen molar-refractivity contribution in [2.75, 3.05) is 0 Å². The zero-order valence-electron chi connectivity index (χ0n) is 13.3. The van der Waals surface area contributed by atoms with Crippen molar-refractivity contribution in [3.05, 3.63) is 53.1 Å². The number of nitrogens with one attached hydrogen (secondary N) is 1. The van der Waals surface area contributed by atoms with Gasteiger partial charge in [-0.15, -0.1) is 0 Å². The summed E-state index contributed by atoms with van der Waals surface area (Å²) >= 11 is 0. The van der Waals surface area contributed by atoms with Gasteiger partial charge < -0.3 is 9.72 Å². The first-order valence-electron chi connectivity index (χ1n) is 7.34. The van der Waals surface area contributed by atoms with Crippen LogP contribution in [0.1, 0.15) is 23.6 Å². The van der Waals surface area contributed by atoms with Crippen LogP contribution in [0.5, 0.6) is 5.75 Å². The van der Waals surface area contributed by atoms with E-state index in [2.05, 4.69) is 37.9 Å². The first kappa shape index (κ1) is 14.4. The summed E-state index contributed by atoms with van der Waals surface area (Å²) in [5.74, 6) is 0.298. The summed E-state index contributed by atoms with van der Waals surface area (Å²) in [6, 6.07) is 12.2. The second kappa shape index (κ2) is 5.34. The highest BCUT2D eigenvalue weighted by Crippen LogP contribution is 2.40. The highest BCUT2D eigenvalue weighted by Gasteiger charge is 2.19. The highest BCUT2D eigenvalue weighted by molar-refractivity contribution is 5.97. The molecule has 0 bridgehead atoms. The second-order valence-electron chi connectivity index (χ2n) is 5.74. The average Bonchev–Trinajstić information content (AvgIpc) is 2.76. The normalized spacial score (nSPS) is 10.9. The van der Waals surface area contributed by atoms with E-state index in [1.54, 1.807) is 0 Å². The van der Waals surface area contributed by atoms with Crippen molar-refractivity contribution in [1.29, 1.82) is 0 Å². The van der Waals surface area contributed by atoms with E-state index in [1.165, 1.54) is 12.5 Å². The molecule has 0 unspecified atom stereocenters.